The van der Waals surface area contributed by atoms with Crippen LogP contribution in [0, 0.1) is 11.2 Å². The zero-order valence-electron chi connectivity index (χ0n) is 20.5. The summed E-state index contributed by atoms with van der Waals surface area (Å²) in [7, 11) is 3.42. The summed E-state index contributed by atoms with van der Waals surface area (Å²) < 4.78 is 31.0. The van der Waals surface area contributed by atoms with Gasteiger partial charge in [-0.1, -0.05) is 0 Å². The maximum atomic E-state index is 13.6. The van der Waals surface area contributed by atoms with Crippen LogP contribution < -0.4 is 4.90 Å². The lowest BCUT2D eigenvalue weighted by Gasteiger charge is -2.36. The van der Waals surface area contributed by atoms with Crippen molar-refractivity contribution in [3.63, 3.8) is 0 Å². The van der Waals surface area contributed by atoms with E-state index in [9.17, 15) is 9.18 Å². The molecule has 1 amide bonds. The van der Waals surface area contributed by atoms with E-state index in [1.165, 1.54) is 17.0 Å². The third-order valence-corrected chi connectivity index (χ3v) is 6.29. The van der Waals surface area contributed by atoms with Crippen molar-refractivity contribution >= 4 is 11.9 Å². The highest BCUT2D eigenvalue weighted by Gasteiger charge is 2.41. The van der Waals surface area contributed by atoms with Gasteiger partial charge in [-0.15, -0.1) is 0 Å². The highest BCUT2D eigenvalue weighted by Crippen LogP contribution is 2.36. The van der Waals surface area contributed by atoms with Crippen LogP contribution in [0.3, 0.4) is 0 Å². The summed E-state index contributed by atoms with van der Waals surface area (Å²) in [5.41, 5.74) is 1.78. The molecule has 0 spiro atoms. The molecule has 2 saturated heterocycles. The third-order valence-electron chi connectivity index (χ3n) is 6.29. The van der Waals surface area contributed by atoms with Gasteiger partial charge in [0.25, 0.3) is 0 Å². The molecule has 2 aliphatic heterocycles. The number of amides is 1. The number of aromatic nitrogens is 4. The summed E-state index contributed by atoms with van der Waals surface area (Å²) in [4.78, 5) is 33.4. The van der Waals surface area contributed by atoms with E-state index in [0.717, 1.165) is 0 Å². The quantitative estimate of drug-likeness (QED) is 0.575. The highest BCUT2D eigenvalue weighted by atomic mass is 19.1. The topological polar surface area (TPSA) is 106 Å². The molecule has 2 aliphatic rings. The second-order valence-corrected chi connectivity index (χ2v) is 9.41. The smallest absolute Gasteiger partial charge is 0.232 e. The number of carbonyl (C=O) groups excluding carboxylic acids is 1. The number of ether oxygens (including phenoxy) is 3. The van der Waals surface area contributed by atoms with E-state index >= 15 is 0 Å². The number of nitrogens with one attached hydrogen (secondary N) is 1. The molecule has 0 unspecified atom stereocenters. The van der Waals surface area contributed by atoms with Gasteiger partial charge in [0, 0.05) is 38.9 Å². The largest absolute Gasteiger partial charge is 0.378 e. The fourth-order valence-corrected chi connectivity index (χ4v) is 4.34. The Morgan fingerprint density at radius 3 is 2.47 bits per heavy atom. The van der Waals surface area contributed by atoms with Crippen LogP contribution in [0.2, 0.25) is 0 Å². The number of H-pyrrole nitrogens is 1. The number of benzene rings is 1. The standard InChI is InChI=1S/C25H29FN6O4/c1-25(23(33)31(2)3)14-35-22(36-15-25)21-29-19(16-4-6-17(26)7-5-16)20(30-21)18-8-9-27-24(28-18)32-10-12-34-13-11-32/h4-9,22H,10-15H2,1-3H3,(H,29,30). The molecule has 10 nitrogen and oxygen atoms in total. The Bertz CT molecular complexity index is 1220. The first kappa shape index (κ1) is 24.3. The molecule has 2 aromatic heterocycles. The molecule has 1 aromatic carbocycles. The van der Waals surface area contributed by atoms with E-state index < -0.39 is 11.7 Å². The van der Waals surface area contributed by atoms with Crippen molar-refractivity contribution in [3.05, 3.63) is 48.2 Å². The first-order valence-corrected chi connectivity index (χ1v) is 11.8. The molecule has 0 bridgehead atoms. The minimum Gasteiger partial charge on any atom is -0.378 e. The molecule has 0 radical (unpaired) electrons. The van der Waals surface area contributed by atoms with E-state index in [0.29, 0.717) is 60.7 Å². The van der Waals surface area contributed by atoms with Crippen molar-refractivity contribution in [2.24, 2.45) is 5.41 Å². The Morgan fingerprint density at radius 2 is 1.81 bits per heavy atom. The SMILES string of the molecule is CN(C)C(=O)C1(C)COC(c2nc(-c3ccc(F)cc3)c(-c3ccnc(N4CCOCC4)n3)[nH]2)OC1. The Hall–Kier alpha value is -3.41. The molecule has 4 heterocycles. The fraction of sp³-hybridized carbons (Fsp3) is 0.440. The van der Waals surface area contributed by atoms with Crippen molar-refractivity contribution in [2.45, 2.75) is 13.2 Å². The summed E-state index contributed by atoms with van der Waals surface area (Å²) in [6, 6.07) is 7.90. The van der Waals surface area contributed by atoms with Crippen LogP contribution in [-0.2, 0) is 19.0 Å². The second-order valence-electron chi connectivity index (χ2n) is 9.41. The average Bonchev–Trinajstić information content (AvgIpc) is 3.35. The Balaban J connectivity index is 1.48. The predicted octanol–water partition coefficient (Wildman–Crippen LogP) is 2.65. The summed E-state index contributed by atoms with van der Waals surface area (Å²) in [5, 5.41) is 0. The number of morpholine rings is 1. The average molecular weight is 497 g/mol. The van der Waals surface area contributed by atoms with Crippen LogP contribution >= 0.6 is 0 Å². The number of halogens is 1. The summed E-state index contributed by atoms with van der Waals surface area (Å²) in [6.45, 7) is 4.84. The van der Waals surface area contributed by atoms with Gasteiger partial charge in [0.2, 0.25) is 18.1 Å². The molecule has 2 fully saturated rings. The molecule has 0 saturated carbocycles. The van der Waals surface area contributed by atoms with Crippen molar-refractivity contribution in [1.82, 2.24) is 24.8 Å². The molecule has 3 aromatic rings. The molecule has 11 heteroatoms. The van der Waals surface area contributed by atoms with Gasteiger partial charge in [-0.2, -0.15) is 0 Å². The lowest BCUT2D eigenvalue weighted by Crippen LogP contribution is -2.48. The highest BCUT2D eigenvalue weighted by molar-refractivity contribution is 5.82. The van der Waals surface area contributed by atoms with Gasteiger partial charge < -0.3 is 29.0 Å². The molecule has 1 N–H and O–H groups in total. The minimum absolute atomic E-state index is 0.0651. The van der Waals surface area contributed by atoms with Crippen molar-refractivity contribution in [3.8, 4) is 22.6 Å². The maximum Gasteiger partial charge on any atom is 0.232 e. The molecule has 190 valence electrons. The van der Waals surface area contributed by atoms with Gasteiger partial charge in [-0.3, -0.25) is 4.79 Å². The Morgan fingerprint density at radius 1 is 1.11 bits per heavy atom. The van der Waals surface area contributed by atoms with Gasteiger partial charge in [0.1, 0.15) is 5.82 Å². The van der Waals surface area contributed by atoms with Gasteiger partial charge in [0.05, 0.1) is 48.9 Å². The molecule has 0 aliphatic carbocycles. The molecular weight excluding hydrogens is 467 g/mol. The number of aromatic amines is 1. The van der Waals surface area contributed by atoms with Crippen LogP contribution in [0.15, 0.2) is 36.5 Å². The minimum atomic E-state index is -0.790. The van der Waals surface area contributed by atoms with E-state index in [1.807, 2.05) is 6.92 Å². The van der Waals surface area contributed by atoms with Crippen LogP contribution in [0.4, 0.5) is 10.3 Å². The molecular formula is C25H29FN6O4. The van der Waals surface area contributed by atoms with E-state index in [-0.39, 0.29) is 24.9 Å². The van der Waals surface area contributed by atoms with Crippen LogP contribution in [0.25, 0.3) is 22.6 Å². The number of anilines is 1. The zero-order chi connectivity index (χ0) is 25.3. The van der Waals surface area contributed by atoms with Crippen molar-refractivity contribution in [1.29, 1.82) is 0 Å². The number of carbonyl (C=O) groups is 1. The molecule has 5 rings (SSSR count). The van der Waals surface area contributed by atoms with Gasteiger partial charge >= 0.3 is 0 Å². The number of nitrogens with zero attached hydrogens (tertiary/aromatic N) is 5. The Labute approximate surface area is 208 Å². The summed E-state index contributed by atoms with van der Waals surface area (Å²) >= 11 is 0. The zero-order valence-corrected chi connectivity index (χ0v) is 20.5. The van der Waals surface area contributed by atoms with Crippen LogP contribution in [-0.4, -0.2) is 84.4 Å². The number of hydrogen-bond donors (Lipinski definition) is 1. The van der Waals surface area contributed by atoms with Gasteiger partial charge in [-0.25, -0.2) is 19.3 Å². The normalized spacial score (nSPS) is 22.4. The third kappa shape index (κ3) is 4.81. The second kappa shape index (κ2) is 9.92. The van der Waals surface area contributed by atoms with Crippen LogP contribution in [0.5, 0.6) is 0 Å². The van der Waals surface area contributed by atoms with Crippen molar-refractivity contribution < 1.29 is 23.4 Å². The monoisotopic (exact) mass is 496 g/mol. The lowest BCUT2D eigenvalue weighted by molar-refractivity contribution is -0.233. The Kier molecular flexibility index (Phi) is 6.69. The summed E-state index contributed by atoms with van der Waals surface area (Å²) in [5.74, 6) is 0.636. The van der Waals surface area contributed by atoms with E-state index in [4.69, 9.17) is 24.2 Å². The summed E-state index contributed by atoms with van der Waals surface area (Å²) in [6.07, 6.45) is 0.912. The molecule has 0 atom stereocenters. The van der Waals surface area contributed by atoms with Gasteiger partial charge in [-0.05, 0) is 37.3 Å². The predicted molar refractivity (Wildman–Crippen MR) is 129 cm³/mol. The van der Waals surface area contributed by atoms with E-state index in [2.05, 4.69) is 14.9 Å². The number of rotatable bonds is 5. The first-order valence-electron chi connectivity index (χ1n) is 11.8. The molecule has 36 heavy (non-hydrogen) atoms. The number of imidazole rings is 1. The van der Waals surface area contributed by atoms with Crippen LogP contribution in [0.1, 0.15) is 19.0 Å². The number of hydrogen-bond acceptors (Lipinski definition) is 8. The van der Waals surface area contributed by atoms with Gasteiger partial charge in [0.15, 0.2) is 5.82 Å². The van der Waals surface area contributed by atoms with E-state index in [1.54, 1.807) is 38.5 Å². The lowest BCUT2D eigenvalue weighted by atomic mass is 9.90. The first-order chi connectivity index (χ1) is 17.3. The van der Waals surface area contributed by atoms with Crippen molar-refractivity contribution in [2.75, 3.05) is 58.5 Å². The fourth-order valence-electron chi connectivity index (χ4n) is 4.34. The maximum absolute atomic E-state index is 13.6.